The van der Waals surface area contributed by atoms with Crippen molar-refractivity contribution < 1.29 is 9.18 Å². The van der Waals surface area contributed by atoms with Gasteiger partial charge >= 0.3 is 0 Å². The molecule has 0 aliphatic rings. The van der Waals surface area contributed by atoms with Gasteiger partial charge < -0.3 is 5.32 Å². The fraction of sp³-hybridized carbons (Fsp3) is 0.167. The van der Waals surface area contributed by atoms with Crippen LogP contribution >= 0.6 is 23.4 Å². The Morgan fingerprint density at radius 1 is 1.23 bits per heavy atom. The summed E-state index contributed by atoms with van der Waals surface area (Å²) in [5, 5.41) is 11.4. The highest BCUT2D eigenvalue weighted by atomic mass is 35.5. The van der Waals surface area contributed by atoms with Crippen LogP contribution in [0, 0.1) is 19.7 Å². The summed E-state index contributed by atoms with van der Waals surface area (Å²) < 4.78 is 15.6. The van der Waals surface area contributed by atoms with Crippen molar-refractivity contribution in [3.8, 4) is 5.69 Å². The molecule has 0 bridgehead atoms. The van der Waals surface area contributed by atoms with E-state index in [-0.39, 0.29) is 22.4 Å². The van der Waals surface area contributed by atoms with Crippen molar-refractivity contribution in [1.29, 1.82) is 0 Å². The molecule has 0 atom stereocenters. The van der Waals surface area contributed by atoms with Gasteiger partial charge in [-0.1, -0.05) is 29.4 Å². The Morgan fingerprint density at radius 3 is 2.77 bits per heavy atom. The first-order valence-corrected chi connectivity index (χ1v) is 9.16. The first-order chi connectivity index (χ1) is 12.4. The van der Waals surface area contributed by atoms with Crippen molar-refractivity contribution in [1.82, 2.24) is 14.8 Å². The zero-order valence-electron chi connectivity index (χ0n) is 14.2. The first kappa shape index (κ1) is 18.4. The highest BCUT2D eigenvalue weighted by molar-refractivity contribution is 7.99. The molecule has 26 heavy (non-hydrogen) atoms. The number of nitrogens with one attached hydrogen (secondary N) is 1. The SMILES string of the molecule is Cc1ccc(-n2cnnc2SCC(=O)Nc2ccc(Cl)cc2F)cc1C. The minimum Gasteiger partial charge on any atom is -0.323 e. The number of benzene rings is 2. The van der Waals surface area contributed by atoms with E-state index in [0.29, 0.717) is 5.16 Å². The molecule has 2 aromatic carbocycles. The lowest BCUT2D eigenvalue weighted by Gasteiger charge is -2.09. The van der Waals surface area contributed by atoms with Crippen LogP contribution in [0.3, 0.4) is 0 Å². The molecule has 0 aliphatic carbocycles. The van der Waals surface area contributed by atoms with Gasteiger partial charge in [-0.3, -0.25) is 9.36 Å². The smallest absolute Gasteiger partial charge is 0.234 e. The molecule has 3 rings (SSSR count). The Kier molecular flexibility index (Phi) is 5.58. The van der Waals surface area contributed by atoms with Gasteiger partial charge in [0.05, 0.1) is 11.4 Å². The average molecular weight is 391 g/mol. The molecule has 1 N–H and O–H groups in total. The molecule has 0 radical (unpaired) electrons. The fourth-order valence-electron chi connectivity index (χ4n) is 2.28. The number of rotatable bonds is 5. The fourth-order valence-corrected chi connectivity index (χ4v) is 3.17. The number of aromatic nitrogens is 3. The van der Waals surface area contributed by atoms with E-state index in [2.05, 4.69) is 15.5 Å². The van der Waals surface area contributed by atoms with Crippen LogP contribution in [-0.4, -0.2) is 26.4 Å². The van der Waals surface area contributed by atoms with E-state index >= 15 is 0 Å². The second-order valence-electron chi connectivity index (χ2n) is 5.71. The molecule has 1 heterocycles. The third-order valence-corrected chi connectivity index (χ3v) is 5.00. The number of aryl methyl sites for hydroxylation is 2. The Balaban J connectivity index is 1.68. The van der Waals surface area contributed by atoms with Crippen LogP contribution in [0.1, 0.15) is 11.1 Å². The third kappa shape index (κ3) is 4.23. The molecule has 3 aromatic rings. The minimum absolute atomic E-state index is 0.0750. The molecule has 0 saturated heterocycles. The molecule has 1 amide bonds. The molecule has 0 fully saturated rings. The lowest BCUT2D eigenvalue weighted by Crippen LogP contribution is -2.15. The maximum Gasteiger partial charge on any atom is 0.234 e. The van der Waals surface area contributed by atoms with Crippen LogP contribution in [0.25, 0.3) is 5.69 Å². The number of carbonyl (C=O) groups excluding carboxylic acids is 1. The van der Waals surface area contributed by atoms with Gasteiger partial charge in [0.1, 0.15) is 12.1 Å². The molecule has 0 unspecified atom stereocenters. The van der Waals surface area contributed by atoms with Gasteiger partial charge in [-0.05, 0) is 55.3 Å². The standard InChI is InChI=1S/C18H16ClFN4OS/c1-11-3-5-14(7-12(11)2)24-10-21-23-18(24)26-9-17(25)22-16-6-4-13(19)8-15(16)20/h3-8,10H,9H2,1-2H3,(H,22,25). The highest BCUT2D eigenvalue weighted by Crippen LogP contribution is 2.23. The molecule has 0 spiro atoms. The quantitative estimate of drug-likeness (QED) is 0.655. The van der Waals surface area contributed by atoms with Gasteiger partial charge in [0.2, 0.25) is 5.91 Å². The van der Waals surface area contributed by atoms with Gasteiger partial charge in [-0.25, -0.2) is 4.39 Å². The number of hydrogen-bond acceptors (Lipinski definition) is 4. The number of nitrogens with zero attached hydrogens (tertiary/aromatic N) is 3. The predicted molar refractivity (Wildman–Crippen MR) is 102 cm³/mol. The maximum atomic E-state index is 13.7. The Bertz CT molecular complexity index is 960. The first-order valence-electron chi connectivity index (χ1n) is 7.79. The molecule has 0 saturated carbocycles. The van der Waals surface area contributed by atoms with Crippen LogP contribution < -0.4 is 5.32 Å². The van der Waals surface area contributed by atoms with Crippen molar-refractivity contribution >= 4 is 35.0 Å². The van der Waals surface area contributed by atoms with E-state index in [1.807, 2.05) is 36.6 Å². The molecule has 1 aromatic heterocycles. The molecule has 134 valence electrons. The summed E-state index contributed by atoms with van der Waals surface area (Å²) >= 11 is 6.93. The van der Waals surface area contributed by atoms with Gasteiger partial charge in [-0.2, -0.15) is 0 Å². The molecular weight excluding hydrogens is 375 g/mol. The molecule has 8 heteroatoms. The van der Waals surface area contributed by atoms with Crippen LogP contribution in [-0.2, 0) is 4.79 Å². The van der Waals surface area contributed by atoms with Crippen molar-refractivity contribution in [3.63, 3.8) is 0 Å². The predicted octanol–water partition coefficient (Wildman–Crippen LogP) is 4.41. The monoisotopic (exact) mass is 390 g/mol. The van der Waals surface area contributed by atoms with Gasteiger partial charge in [0.25, 0.3) is 0 Å². The van der Waals surface area contributed by atoms with E-state index in [1.165, 1.54) is 29.5 Å². The molecular formula is C18H16ClFN4OS. The number of carbonyl (C=O) groups is 1. The summed E-state index contributed by atoms with van der Waals surface area (Å²) in [4.78, 5) is 12.1. The number of halogens is 2. The Labute approximate surface area is 159 Å². The normalized spacial score (nSPS) is 10.8. The third-order valence-electron chi connectivity index (χ3n) is 3.82. The second kappa shape index (κ2) is 7.88. The van der Waals surface area contributed by atoms with Crippen molar-refractivity contribution in [2.45, 2.75) is 19.0 Å². The largest absolute Gasteiger partial charge is 0.323 e. The highest BCUT2D eigenvalue weighted by Gasteiger charge is 2.12. The van der Waals surface area contributed by atoms with E-state index in [4.69, 9.17) is 11.6 Å². The Morgan fingerprint density at radius 2 is 2.04 bits per heavy atom. The lowest BCUT2D eigenvalue weighted by atomic mass is 10.1. The second-order valence-corrected chi connectivity index (χ2v) is 7.09. The summed E-state index contributed by atoms with van der Waals surface area (Å²) in [6.45, 7) is 4.07. The van der Waals surface area contributed by atoms with Gasteiger partial charge in [0.15, 0.2) is 5.16 Å². The van der Waals surface area contributed by atoms with Gasteiger partial charge in [-0.15, -0.1) is 10.2 Å². The number of anilines is 1. The van der Waals surface area contributed by atoms with Crippen molar-refractivity contribution in [2.24, 2.45) is 0 Å². The number of amides is 1. The molecule has 0 aliphatic heterocycles. The topological polar surface area (TPSA) is 59.8 Å². The van der Waals surface area contributed by atoms with Crippen molar-refractivity contribution in [3.05, 3.63) is 64.7 Å². The van der Waals surface area contributed by atoms with Crippen molar-refractivity contribution in [2.75, 3.05) is 11.1 Å². The Hall–Kier alpha value is -2.38. The van der Waals surface area contributed by atoms with Crippen LogP contribution in [0.4, 0.5) is 10.1 Å². The number of hydrogen-bond donors (Lipinski definition) is 1. The van der Waals surface area contributed by atoms with E-state index in [9.17, 15) is 9.18 Å². The summed E-state index contributed by atoms with van der Waals surface area (Å²) in [5.74, 6) is -0.842. The van der Waals surface area contributed by atoms with Crippen LogP contribution in [0.2, 0.25) is 5.02 Å². The minimum atomic E-state index is -0.575. The van der Waals surface area contributed by atoms with E-state index in [0.717, 1.165) is 17.3 Å². The molecule has 5 nitrogen and oxygen atoms in total. The summed E-state index contributed by atoms with van der Waals surface area (Å²) in [5.41, 5.74) is 3.36. The van der Waals surface area contributed by atoms with E-state index < -0.39 is 5.82 Å². The summed E-state index contributed by atoms with van der Waals surface area (Å²) in [6, 6.07) is 10.1. The maximum absolute atomic E-state index is 13.7. The van der Waals surface area contributed by atoms with E-state index in [1.54, 1.807) is 6.33 Å². The van der Waals surface area contributed by atoms with Crippen LogP contribution in [0.15, 0.2) is 47.9 Å². The zero-order chi connectivity index (χ0) is 18.7. The lowest BCUT2D eigenvalue weighted by molar-refractivity contribution is -0.113. The summed E-state index contributed by atoms with van der Waals surface area (Å²) in [7, 11) is 0. The number of thioether (sulfide) groups is 1. The summed E-state index contributed by atoms with van der Waals surface area (Å²) in [6.07, 6.45) is 1.60. The zero-order valence-corrected chi connectivity index (χ0v) is 15.7. The van der Waals surface area contributed by atoms with Crippen LogP contribution in [0.5, 0.6) is 0 Å². The average Bonchev–Trinajstić information content (AvgIpc) is 3.06. The van der Waals surface area contributed by atoms with Gasteiger partial charge in [0, 0.05) is 10.7 Å².